The van der Waals surface area contributed by atoms with E-state index in [-0.39, 0.29) is 0 Å². The Morgan fingerprint density at radius 1 is 1.44 bits per heavy atom. The van der Waals surface area contributed by atoms with Gasteiger partial charge in [-0.25, -0.2) is 4.98 Å². The first kappa shape index (κ1) is 10.2. The molecular formula is C13H16N2S. The lowest BCUT2D eigenvalue weighted by atomic mass is 9.96. The van der Waals surface area contributed by atoms with Gasteiger partial charge in [-0.2, -0.15) is 0 Å². The van der Waals surface area contributed by atoms with E-state index in [0.29, 0.717) is 5.41 Å². The molecule has 1 aromatic heterocycles. The van der Waals surface area contributed by atoms with Crippen molar-refractivity contribution < 1.29 is 0 Å². The summed E-state index contributed by atoms with van der Waals surface area (Å²) in [7, 11) is 2.04. The summed E-state index contributed by atoms with van der Waals surface area (Å²) in [4.78, 5) is 4.51. The van der Waals surface area contributed by atoms with Crippen molar-refractivity contribution in [1.29, 1.82) is 0 Å². The van der Waals surface area contributed by atoms with E-state index in [1.54, 1.807) is 11.3 Å². The van der Waals surface area contributed by atoms with Crippen LogP contribution in [0.3, 0.4) is 0 Å². The van der Waals surface area contributed by atoms with E-state index in [9.17, 15) is 0 Å². The number of fused-ring (bicyclic) bond motifs is 1. The smallest absolute Gasteiger partial charge is 0.0907 e. The number of nitrogens with zero attached hydrogens (tertiary/aromatic N) is 1. The molecule has 2 nitrogen and oxygen atoms in total. The maximum absolute atomic E-state index is 4.51. The highest BCUT2D eigenvalue weighted by Gasteiger charge is 2.43. The van der Waals surface area contributed by atoms with E-state index < -0.39 is 0 Å². The summed E-state index contributed by atoms with van der Waals surface area (Å²) in [6, 6.07) is 6.76. The number of likely N-dealkylation sites (N-methyl/N-ethyl adjacent to an activating group) is 1. The quantitative estimate of drug-likeness (QED) is 0.880. The van der Waals surface area contributed by atoms with Crippen LogP contribution in [0.1, 0.15) is 23.4 Å². The van der Waals surface area contributed by atoms with Crippen molar-refractivity contribution in [3.63, 3.8) is 0 Å². The number of hydrogen-bond donors (Lipinski definition) is 1. The van der Waals surface area contributed by atoms with Gasteiger partial charge >= 0.3 is 0 Å². The predicted molar refractivity (Wildman–Crippen MR) is 69.2 cm³/mol. The second kappa shape index (κ2) is 3.54. The van der Waals surface area contributed by atoms with Crippen molar-refractivity contribution in [2.24, 2.45) is 0 Å². The molecule has 0 spiro atoms. The maximum atomic E-state index is 4.51. The molecule has 1 aliphatic carbocycles. The Kier molecular flexibility index (Phi) is 2.26. The maximum Gasteiger partial charge on any atom is 0.0907 e. The van der Waals surface area contributed by atoms with Gasteiger partial charge in [0.2, 0.25) is 0 Å². The minimum Gasteiger partial charge on any atom is -0.319 e. The van der Waals surface area contributed by atoms with Crippen molar-refractivity contribution in [3.05, 3.63) is 28.8 Å². The van der Waals surface area contributed by atoms with Crippen LogP contribution in [0.2, 0.25) is 0 Å². The van der Waals surface area contributed by atoms with Crippen molar-refractivity contribution in [2.45, 2.75) is 25.2 Å². The zero-order chi connectivity index (χ0) is 11.2. The number of aryl methyl sites for hydroxylation is 1. The Balaban J connectivity index is 2.04. The van der Waals surface area contributed by atoms with Crippen molar-refractivity contribution in [3.8, 4) is 0 Å². The van der Waals surface area contributed by atoms with Crippen LogP contribution in [0.15, 0.2) is 18.2 Å². The monoisotopic (exact) mass is 232 g/mol. The van der Waals surface area contributed by atoms with Gasteiger partial charge in [-0.05, 0) is 44.5 Å². The normalized spacial score (nSPS) is 17.9. The average molecular weight is 232 g/mol. The van der Waals surface area contributed by atoms with Gasteiger partial charge in [0.15, 0.2) is 0 Å². The van der Waals surface area contributed by atoms with Gasteiger partial charge in [0.05, 0.1) is 15.2 Å². The second-order valence-electron chi connectivity index (χ2n) is 4.73. The molecule has 0 aliphatic heterocycles. The van der Waals surface area contributed by atoms with Crippen LogP contribution < -0.4 is 5.32 Å². The Morgan fingerprint density at radius 3 is 2.94 bits per heavy atom. The number of benzene rings is 1. The molecule has 2 aromatic rings. The van der Waals surface area contributed by atoms with Crippen molar-refractivity contribution >= 4 is 21.6 Å². The minimum absolute atomic E-state index is 0.417. The summed E-state index contributed by atoms with van der Waals surface area (Å²) < 4.78 is 1.33. The van der Waals surface area contributed by atoms with Crippen LogP contribution in [0, 0.1) is 6.92 Å². The molecule has 1 fully saturated rings. The van der Waals surface area contributed by atoms with Gasteiger partial charge in [-0.15, -0.1) is 11.3 Å². The molecule has 1 aromatic carbocycles. The molecule has 0 unspecified atom stereocenters. The lowest BCUT2D eigenvalue weighted by molar-refractivity contribution is 0.625. The first-order valence-electron chi connectivity index (χ1n) is 5.76. The van der Waals surface area contributed by atoms with Crippen LogP contribution in [-0.4, -0.2) is 18.6 Å². The molecule has 3 heteroatoms. The highest BCUT2D eigenvalue weighted by atomic mass is 32.1. The number of nitrogens with one attached hydrogen (secondary N) is 1. The molecule has 0 atom stereocenters. The number of thiazole rings is 1. The summed E-state index contributed by atoms with van der Waals surface area (Å²) in [6.07, 6.45) is 2.63. The average Bonchev–Trinajstić information content (AvgIpc) is 2.93. The Bertz CT molecular complexity index is 526. The molecule has 3 rings (SSSR count). The van der Waals surface area contributed by atoms with E-state index in [2.05, 4.69) is 35.4 Å². The fourth-order valence-electron chi connectivity index (χ4n) is 2.43. The molecular weight excluding hydrogens is 216 g/mol. The molecule has 84 valence electrons. The van der Waals surface area contributed by atoms with Crippen LogP contribution in [-0.2, 0) is 5.41 Å². The van der Waals surface area contributed by atoms with Crippen molar-refractivity contribution in [2.75, 3.05) is 13.6 Å². The van der Waals surface area contributed by atoms with Gasteiger partial charge < -0.3 is 5.32 Å². The highest BCUT2D eigenvalue weighted by molar-refractivity contribution is 7.18. The first-order valence-corrected chi connectivity index (χ1v) is 6.57. The minimum atomic E-state index is 0.417. The first-order chi connectivity index (χ1) is 7.73. The van der Waals surface area contributed by atoms with E-state index in [4.69, 9.17) is 0 Å². The molecule has 16 heavy (non-hydrogen) atoms. The van der Waals surface area contributed by atoms with Gasteiger partial charge in [-0.1, -0.05) is 6.07 Å². The molecule has 0 radical (unpaired) electrons. The van der Waals surface area contributed by atoms with Crippen molar-refractivity contribution in [1.82, 2.24) is 10.3 Å². The van der Waals surface area contributed by atoms with Crippen LogP contribution in [0.25, 0.3) is 10.2 Å². The fraction of sp³-hybridized carbons (Fsp3) is 0.462. The zero-order valence-electron chi connectivity index (χ0n) is 9.71. The highest BCUT2D eigenvalue weighted by Crippen LogP contribution is 2.48. The van der Waals surface area contributed by atoms with E-state index >= 15 is 0 Å². The molecule has 0 saturated heterocycles. The topological polar surface area (TPSA) is 24.9 Å². The van der Waals surface area contributed by atoms with Gasteiger partial charge in [0.1, 0.15) is 0 Å². The molecule has 0 bridgehead atoms. The number of hydrogen-bond acceptors (Lipinski definition) is 3. The lowest BCUT2D eigenvalue weighted by Crippen LogP contribution is -2.23. The predicted octanol–water partition coefficient (Wildman–Crippen LogP) is 2.86. The lowest BCUT2D eigenvalue weighted by Gasteiger charge is -2.14. The fourth-order valence-corrected chi connectivity index (χ4v) is 3.29. The SMILES string of the molecule is CNCC1(c2ccc3nc(C)sc3c2)CC1. The summed E-state index contributed by atoms with van der Waals surface area (Å²) in [5.41, 5.74) is 3.05. The molecule has 1 aliphatic rings. The Morgan fingerprint density at radius 2 is 2.25 bits per heavy atom. The molecule has 1 heterocycles. The number of rotatable bonds is 3. The molecule has 0 amide bonds. The van der Waals surface area contributed by atoms with Gasteiger partial charge in [0, 0.05) is 12.0 Å². The van der Waals surface area contributed by atoms with Crippen LogP contribution in [0.4, 0.5) is 0 Å². The third-order valence-electron chi connectivity index (χ3n) is 3.48. The largest absolute Gasteiger partial charge is 0.319 e. The zero-order valence-corrected chi connectivity index (χ0v) is 10.5. The third-order valence-corrected chi connectivity index (χ3v) is 4.41. The summed E-state index contributed by atoms with van der Waals surface area (Å²) in [6.45, 7) is 3.17. The van der Waals surface area contributed by atoms with E-state index in [1.165, 1.54) is 23.1 Å². The number of aromatic nitrogens is 1. The van der Waals surface area contributed by atoms with Crippen LogP contribution in [0.5, 0.6) is 0 Å². The second-order valence-corrected chi connectivity index (χ2v) is 5.96. The van der Waals surface area contributed by atoms with E-state index in [1.807, 2.05) is 7.05 Å². The van der Waals surface area contributed by atoms with Crippen LogP contribution >= 0.6 is 11.3 Å². The summed E-state index contributed by atoms with van der Waals surface area (Å²) in [5, 5.41) is 4.47. The summed E-state index contributed by atoms with van der Waals surface area (Å²) in [5.74, 6) is 0. The van der Waals surface area contributed by atoms with E-state index in [0.717, 1.165) is 17.1 Å². The Hall–Kier alpha value is -0.930. The van der Waals surface area contributed by atoms with Gasteiger partial charge in [0.25, 0.3) is 0 Å². The Labute approximate surface area is 99.7 Å². The molecule has 1 saturated carbocycles. The standard InChI is InChI=1S/C13H16N2S/c1-9-15-11-4-3-10(7-12(11)16-9)13(5-6-13)8-14-2/h3-4,7,14H,5-6,8H2,1-2H3. The van der Waals surface area contributed by atoms with Gasteiger partial charge in [-0.3, -0.25) is 0 Å². The summed E-state index contributed by atoms with van der Waals surface area (Å²) >= 11 is 1.80. The third kappa shape index (κ3) is 1.55. The molecule has 1 N–H and O–H groups in total.